The number of nitrogens with one attached hydrogen (secondary N) is 4. The van der Waals surface area contributed by atoms with E-state index in [1.54, 1.807) is 12.1 Å². The predicted octanol–water partition coefficient (Wildman–Crippen LogP) is 6.28. The van der Waals surface area contributed by atoms with E-state index in [2.05, 4.69) is 30.5 Å². The quantitative estimate of drug-likeness (QED) is 0.147. The normalized spacial score (nSPS) is 19.2. The average Bonchev–Trinajstić information content (AvgIpc) is 3.55. The van der Waals surface area contributed by atoms with Gasteiger partial charge >= 0.3 is 12.3 Å². The molecular formula is C33H32ClF4N9O3. The van der Waals surface area contributed by atoms with Crippen molar-refractivity contribution in [2.75, 3.05) is 6.61 Å². The van der Waals surface area contributed by atoms with E-state index in [-0.39, 0.29) is 47.1 Å². The molecule has 2 atom stereocenters. The van der Waals surface area contributed by atoms with E-state index in [1.807, 2.05) is 26.1 Å². The van der Waals surface area contributed by atoms with Crippen LogP contribution in [-0.4, -0.2) is 66.3 Å². The van der Waals surface area contributed by atoms with Crippen molar-refractivity contribution in [1.82, 2.24) is 40.7 Å². The number of hydrogen-bond donors (Lipinski definition) is 4. The lowest BCUT2D eigenvalue weighted by Crippen LogP contribution is -2.49. The van der Waals surface area contributed by atoms with E-state index in [0.717, 1.165) is 4.90 Å². The molecule has 4 N–H and O–H groups in total. The molecule has 2 fully saturated rings. The number of nitrogens with zero attached hydrogens (tertiary/aromatic N) is 5. The molecule has 50 heavy (non-hydrogen) atoms. The molecule has 6 rings (SSSR count). The SMILES string of the molecule is CC(C)(C)C[C@]1(c2ccc(-c3ncccn3)cc2F)NC(=N)N([C@H](COC(=O)NC2(C(F)(F)F)CC2)c2ccc(Cl)c(-c3nnc[nH]3)c2)C1=O. The molecule has 4 aromatic rings. The third-order valence-electron chi connectivity index (χ3n) is 8.57. The maximum Gasteiger partial charge on any atom is 0.411 e. The number of aromatic nitrogens is 5. The number of halogens is 5. The van der Waals surface area contributed by atoms with Crippen molar-refractivity contribution in [3.8, 4) is 22.8 Å². The Bertz CT molecular complexity index is 1930. The summed E-state index contributed by atoms with van der Waals surface area (Å²) in [5, 5.41) is 21.9. The van der Waals surface area contributed by atoms with Crippen LogP contribution in [0.15, 0.2) is 61.2 Å². The molecule has 262 valence electrons. The maximum atomic E-state index is 16.2. The second kappa shape index (κ2) is 12.6. The molecule has 1 saturated heterocycles. The van der Waals surface area contributed by atoms with Crippen LogP contribution in [0.1, 0.15) is 57.2 Å². The van der Waals surface area contributed by atoms with Gasteiger partial charge in [0.1, 0.15) is 29.8 Å². The summed E-state index contributed by atoms with van der Waals surface area (Å²) in [6, 6.07) is 9.10. The molecule has 0 unspecified atom stereocenters. The molecule has 2 aliphatic rings. The summed E-state index contributed by atoms with van der Waals surface area (Å²) >= 11 is 6.46. The fourth-order valence-corrected chi connectivity index (χ4v) is 6.35. The van der Waals surface area contributed by atoms with E-state index >= 15 is 4.39 Å². The van der Waals surface area contributed by atoms with E-state index in [4.69, 9.17) is 21.7 Å². The van der Waals surface area contributed by atoms with Gasteiger partial charge in [-0.2, -0.15) is 13.2 Å². The second-order valence-electron chi connectivity index (χ2n) is 13.5. The van der Waals surface area contributed by atoms with E-state index in [9.17, 15) is 22.8 Å². The molecule has 0 bridgehead atoms. The van der Waals surface area contributed by atoms with Crippen molar-refractivity contribution in [2.45, 2.75) is 63.3 Å². The number of carbonyl (C=O) groups excluding carboxylic acids is 2. The second-order valence-corrected chi connectivity index (χ2v) is 13.9. The van der Waals surface area contributed by atoms with E-state index in [0.29, 0.717) is 11.1 Å². The Morgan fingerprint density at radius 3 is 2.46 bits per heavy atom. The number of benzene rings is 2. The van der Waals surface area contributed by atoms with Gasteiger partial charge in [-0.15, -0.1) is 10.2 Å². The van der Waals surface area contributed by atoms with Gasteiger partial charge in [0.05, 0.1) is 11.1 Å². The van der Waals surface area contributed by atoms with Crippen molar-refractivity contribution in [3.63, 3.8) is 0 Å². The number of alkyl carbamates (subject to hydrolysis) is 1. The number of guanidine groups is 1. The molecule has 0 radical (unpaired) electrons. The van der Waals surface area contributed by atoms with Crippen molar-refractivity contribution in [2.24, 2.45) is 5.41 Å². The number of aromatic amines is 1. The zero-order chi connectivity index (χ0) is 36.1. The topological polar surface area (TPSA) is 162 Å². The van der Waals surface area contributed by atoms with Crippen molar-refractivity contribution in [3.05, 3.63) is 83.2 Å². The van der Waals surface area contributed by atoms with Gasteiger partial charge in [0.15, 0.2) is 17.6 Å². The third-order valence-corrected chi connectivity index (χ3v) is 8.90. The zero-order valence-electron chi connectivity index (χ0n) is 27.0. The highest BCUT2D eigenvalue weighted by Gasteiger charge is 2.65. The Morgan fingerprint density at radius 1 is 1.14 bits per heavy atom. The number of amides is 2. The summed E-state index contributed by atoms with van der Waals surface area (Å²) in [6.45, 7) is 4.87. The summed E-state index contributed by atoms with van der Waals surface area (Å²) in [7, 11) is 0. The maximum absolute atomic E-state index is 16.2. The Morgan fingerprint density at radius 2 is 1.86 bits per heavy atom. The van der Waals surface area contributed by atoms with Gasteiger partial charge in [0.2, 0.25) is 0 Å². The van der Waals surface area contributed by atoms with E-state index < -0.39 is 59.1 Å². The molecule has 12 nitrogen and oxygen atoms in total. The van der Waals surface area contributed by atoms with Gasteiger partial charge in [-0.3, -0.25) is 15.1 Å². The van der Waals surface area contributed by atoms with Gasteiger partial charge in [-0.05, 0) is 54.5 Å². The van der Waals surface area contributed by atoms with Crippen LogP contribution in [-0.2, 0) is 15.1 Å². The Hall–Kier alpha value is -5.12. The van der Waals surface area contributed by atoms with Crippen LogP contribution < -0.4 is 10.6 Å². The molecule has 2 aromatic heterocycles. The Kier molecular flexibility index (Phi) is 8.78. The van der Waals surface area contributed by atoms with Crippen LogP contribution >= 0.6 is 11.6 Å². The number of carbonyl (C=O) groups is 2. The van der Waals surface area contributed by atoms with E-state index in [1.165, 1.54) is 49.1 Å². The summed E-state index contributed by atoms with van der Waals surface area (Å²) in [5.74, 6) is -1.43. The lowest BCUT2D eigenvalue weighted by atomic mass is 9.75. The summed E-state index contributed by atoms with van der Waals surface area (Å²) in [4.78, 5) is 39.8. The Balaban J connectivity index is 1.40. The highest BCUT2D eigenvalue weighted by molar-refractivity contribution is 6.33. The first kappa shape index (κ1) is 34.7. The van der Waals surface area contributed by atoms with Gasteiger partial charge in [-0.1, -0.05) is 50.6 Å². The largest absolute Gasteiger partial charge is 0.447 e. The van der Waals surface area contributed by atoms with Crippen molar-refractivity contribution >= 4 is 29.6 Å². The van der Waals surface area contributed by atoms with Crippen LogP contribution in [0.5, 0.6) is 0 Å². The molecule has 2 aromatic carbocycles. The van der Waals surface area contributed by atoms with Gasteiger partial charge in [0, 0.05) is 29.1 Å². The number of ether oxygens (including phenoxy) is 1. The molecule has 1 aliphatic carbocycles. The molecule has 2 amide bonds. The monoisotopic (exact) mass is 713 g/mol. The first-order valence-electron chi connectivity index (χ1n) is 15.5. The number of hydrogen-bond acceptors (Lipinski definition) is 8. The summed E-state index contributed by atoms with van der Waals surface area (Å²) < 4.78 is 62.3. The zero-order valence-corrected chi connectivity index (χ0v) is 27.8. The number of alkyl halides is 3. The predicted molar refractivity (Wildman–Crippen MR) is 173 cm³/mol. The molecule has 1 saturated carbocycles. The molecule has 3 heterocycles. The van der Waals surface area contributed by atoms with Gasteiger partial charge < -0.3 is 20.4 Å². The van der Waals surface area contributed by atoms with Crippen LogP contribution in [0.4, 0.5) is 22.4 Å². The van der Waals surface area contributed by atoms with Crippen LogP contribution in [0, 0.1) is 16.6 Å². The van der Waals surface area contributed by atoms with Crippen LogP contribution in [0.2, 0.25) is 5.02 Å². The van der Waals surface area contributed by atoms with Crippen molar-refractivity contribution in [1.29, 1.82) is 5.41 Å². The van der Waals surface area contributed by atoms with Gasteiger partial charge in [0.25, 0.3) is 5.91 Å². The first-order valence-corrected chi connectivity index (χ1v) is 15.9. The lowest BCUT2D eigenvalue weighted by Gasteiger charge is -2.35. The molecule has 0 spiro atoms. The van der Waals surface area contributed by atoms with Crippen LogP contribution in [0.25, 0.3) is 22.8 Å². The smallest absolute Gasteiger partial charge is 0.411 e. The minimum Gasteiger partial charge on any atom is -0.447 e. The highest BCUT2D eigenvalue weighted by atomic mass is 35.5. The minimum absolute atomic E-state index is 0.0158. The standard InChI is InChI=1S/C33H32ClF4N9O3/c1-30(2,3)16-32(21-7-5-19(14-23(21)35)25-40-11-4-12-41-25)27(48)47(28(39)44-32)24(15-50-29(49)45-31(9-10-31)33(36,37)38)18-6-8-22(34)20(13-18)26-42-17-43-46-26/h4-8,11-14,17,24H,9-10,15-16H2,1-3H3,(H2,39,44)(H,45,49)(H,42,43,46)/t24-,32-/m1/s1. The lowest BCUT2D eigenvalue weighted by molar-refractivity contribution is -0.164. The fourth-order valence-electron chi connectivity index (χ4n) is 6.14. The van der Waals surface area contributed by atoms with Crippen LogP contribution in [0.3, 0.4) is 0 Å². The third kappa shape index (κ3) is 6.58. The Labute approximate surface area is 288 Å². The molecule has 17 heteroatoms. The summed E-state index contributed by atoms with van der Waals surface area (Å²) in [6.07, 6.45) is -2.29. The summed E-state index contributed by atoms with van der Waals surface area (Å²) in [5.41, 5.74) is -3.87. The minimum atomic E-state index is -4.69. The average molecular weight is 714 g/mol. The molecular weight excluding hydrogens is 682 g/mol. The van der Waals surface area contributed by atoms with Gasteiger partial charge in [-0.25, -0.2) is 19.2 Å². The fraction of sp³-hybridized carbons (Fsp3) is 0.364. The number of rotatable bonds is 9. The molecule has 1 aliphatic heterocycles. The highest BCUT2D eigenvalue weighted by Crippen LogP contribution is 2.49. The first-order chi connectivity index (χ1) is 23.5. The number of H-pyrrole nitrogens is 1. The van der Waals surface area contributed by atoms with Crippen molar-refractivity contribution < 1.29 is 31.9 Å².